The van der Waals surface area contributed by atoms with Gasteiger partial charge in [-0.15, -0.1) is 0 Å². The Morgan fingerprint density at radius 2 is 1.73 bits per heavy atom. The van der Waals surface area contributed by atoms with Crippen molar-refractivity contribution < 1.29 is 22.7 Å². The van der Waals surface area contributed by atoms with E-state index in [1.807, 2.05) is 13.8 Å². The van der Waals surface area contributed by atoms with Crippen LogP contribution in [0.15, 0.2) is 24.3 Å². The molecule has 1 atom stereocenters. The fraction of sp³-hybridized carbons (Fsp3) is 0.632. The molecule has 0 radical (unpaired) electrons. The number of anilines is 1. The number of esters is 1. The monoisotopic (exact) mass is 370 g/mol. The number of hydrogen-bond donors (Lipinski definition) is 0. The van der Waals surface area contributed by atoms with Gasteiger partial charge >= 0.3 is 12.1 Å². The molecule has 0 saturated carbocycles. The third kappa shape index (κ3) is 4.31. The van der Waals surface area contributed by atoms with Crippen molar-refractivity contribution in [3.8, 4) is 0 Å². The number of cyclic esters (lactones) is 1. The van der Waals surface area contributed by atoms with Gasteiger partial charge in [0.2, 0.25) is 0 Å². The molecule has 7 heteroatoms. The molecule has 2 aliphatic rings. The van der Waals surface area contributed by atoms with Gasteiger partial charge in [0, 0.05) is 38.4 Å². The lowest BCUT2D eigenvalue weighted by Crippen LogP contribution is -2.47. The van der Waals surface area contributed by atoms with Gasteiger partial charge in [-0.1, -0.05) is 0 Å². The summed E-state index contributed by atoms with van der Waals surface area (Å²) in [6.07, 6.45) is -2.71. The van der Waals surface area contributed by atoms with Gasteiger partial charge in [-0.3, -0.25) is 9.69 Å². The molecule has 0 bridgehead atoms. The number of alkyl halides is 3. The molecule has 1 aromatic rings. The normalized spacial score (nSPS) is 24.0. The van der Waals surface area contributed by atoms with Crippen LogP contribution in [0.2, 0.25) is 0 Å². The van der Waals surface area contributed by atoms with E-state index in [1.165, 1.54) is 0 Å². The minimum Gasteiger partial charge on any atom is -0.462 e. The highest BCUT2D eigenvalue weighted by atomic mass is 19.4. The number of carbonyl (C=O) groups is 1. The Morgan fingerprint density at radius 1 is 1.12 bits per heavy atom. The molecule has 0 amide bonds. The second kappa shape index (κ2) is 7.10. The summed E-state index contributed by atoms with van der Waals surface area (Å²) >= 11 is 0. The van der Waals surface area contributed by atoms with Gasteiger partial charge < -0.3 is 9.64 Å². The lowest BCUT2D eigenvalue weighted by atomic mass is 9.89. The van der Waals surface area contributed by atoms with Crippen molar-refractivity contribution in [3.63, 3.8) is 0 Å². The fourth-order valence-electron chi connectivity index (χ4n) is 3.58. The number of carbonyl (C=O) groups excluding carboxylic acids is 1. The standard InChI is InChI=1S/C19H25F3N2O2/c1-18(2)13-16(26-17(18)25)7-8-23-9-11-24(12-10-23)15-5-3-14(4-6-15)19(20,21)22/h3-6,16H,7-13H2,1-2H3/t16-/m1/s1. The van der Waals surface area contributed by atoms with Crippen LogP contribution in [-0.2, 0) is 15.7 Å². The molecule has 0 aromatic heterocycles. The smallest absolute Gasteiger partial charge is 0.416 e. The van der Waals surface area contributed by atoms with Crippen LogP contribution >= 0.6 is 0 Å². The highest BCUT2D eigenvalue weighted by Crippen LogP contribution is 2.34. The maximum absolute atomic E-state index is 12.6. The molecule has 0 spiro atoms. The predicted molar refractivity (Wildman–Crippen MR) is 93.0 cm³/mol. The number of benzene rings is 1. The van der Waals surface area contributed by atoms with Gasteiger partial charge in [-0.05, 0) is 51.0 Å². The average molecular weight is 370 g/mol. The summed E-state index contributed by atoms with van der Waals surface area (Å²) in [4.78, 5) is 16.2. The number of piperazine rings is 1. The Hall–Kier alpha value is -1.76. The topological polar surface area (TPSA) is 32.8 Å². The molecule has 2 saturated heterocycles. The zero-order valence-electron chi connectivity index (χ0n) is 15.2. The second-order valence-electron chi connectivity index (χ2n) is 7.78. The first-order valence-corrected chi connectivity index (χ1v) is 9.01. The van der Waals surface area contributed by atoms with Crippen molar-refractivity contribution >= 4 is 11.7 Å². The van der Waals surface area contributed by atoms with E-state index >= 15 is 0 Å². The Kier molecular flexibility index (Phi) is 5.19. The summed E-state index contributed by atoms with van der Waals surface area (Å²) in [5.74, 6) is -0.116. The highest BCUT2D eigenvalue weighted by Gasteiger charge is 2.41. The number of hydrogen-bond acceptors (Lipinski definition) is 4. The van der Waals surface area contributed by atoms with E-state index in [-0.39, 0.29) is 17.5 Å². The summed E-state index contributed by atoms with van der Waals surface area (Å²) in [5.41, 5.74) is -0.176. The van der Waals surface area contributed by atoms with Gasteiger partial charge in [0.25, 0.3) is 0 Å². The third-order valence-electron chi connectivity index (χ3n) is 5.26. The second-order valence-corrected chi connectivity index (χ2v) is 7.78. The third-order valence-corrected chi connectivity index (χ3v) is 5.26. The lowest BCUT2D eigenvalue weighted by molar-refractivity contribution is -0.147. The maximum Gasteiger partial charge on any atom is 0.416 e. The Bertz CT molecular complexity index is 635. The number of ether oxygens (including phenoxy) is 1. The number of nitrogens with zero attached hydrogens (tertiary/aromatic N) is 2. The summed E-state index contributed by atoms with van der Waals surface area (Å²) in [5, 5.41) is 0. The molecule has 26 heavy (non-hydrogen) atoms. The molecule has 2 heterocycles. The van der Waals surface area contributed by atoms with E-state index < -0.39 is 11.7 Å². The van der Waals surface area contributed by atoms with E-state index in [4.69, 9.17) is 4.74 Å². The van der Waals surface area contributed by atoms with Crippen LogP contribution in [0, 0.1) is 5.41 Å². The van der Waals surface area contributed by atoms with Gasteiger partial charge in [-0.25, -0.2) is 0 Å². The summed E-state index contributed by atoms with van der Waals surface area (Å²) in [7, 11) is 0. The van der Waals surface area contributed by atoms with Crippen LogP contribution in [0.5, 0.6) is 0 Å². The van der Waals surface area contributed by atoms with Crippen molar-refractivity contribution in [1.29, 1.82) is 0 Å². The molecule has 0 unspecified atom stereocenters. The summed E-state index contributed by atoms with van der Waals surface area (Å²) < 4.78 is 43.4. The van der Waals surface area contributed by atoms with Crippen LogP contribution < -0.4 is 4.90 Å². The summed E-state index contributed by atoms with van der Waals surface area (Å²) in [6, 6.07) is 5.35. The predicted octanol–water partition coefficient (Wildman–Crippen LogP) is 3.56. The first kappa shape index (κ1) is 19.0. The van der Waals surface area contributed by atoms with E-state index in [0.717, 1.165) is 63.4 Å². The Morgan fingerprint density at radius 3 is 2.23 bits per heavy atom. The van der Waals surface area contributed by atoms with Gasteiger partial charge in [0.15, 0.2) is 0 Å². The van der Waals surface area contributed by atoms with E-state index in [2.05, 4.69) is 9.80 Å². The summed E-state index contributed by atoms with van der Waals surface area (Å²) in [6.45, 7) is 7.96. The van der Waals surface area contributed by atoms with Crippen molar-refractivity contribution in [2.75, 3.05) is 37.6 Å². The van der Waals surface area contributed by atoms with E-state index in [9.17, 15) is 18.0 Å². The van der Waals surface area contributed by atoms with Gasteiger partial charge in [0.1, 0.15) is 6.10 Å². The van der Waals surface area contributed by atoms with Gasteiger partial charge in [0.05, 0.1) is 11.0 Å². The lowest BCUT2D eigenvalue weighted by Gasteiger charge is -2.36. The van der Waals surface area contributed by atoms with Crippen molar-refractivity contribution in [3.05, 3.63) is 29.8 Å². The largest absolute Gasteiger partial charge is 0.462 e. The Labute approximate surface area is 151 Å². The molecule has 2 fully saturated rings. The van der Waals surface area contributed by atoms with E-state index in [1.54, 1.807) is 12.1 Å². The SMILES string of the molecule is CC1(C)C[C@@H](CCN2CCN(c3ccc(C(F)(F)F)cc3)CC2)OC1=O. The first-order valence-electron chi connectivity index (χ1n) is 9.01. The quantitative estimate of drug-likeness (QED) is 0.759. The molecule has 0 N–H and O–H groups in total. The highest BCUT2D eigenvalue weighted by molar-refractivity contribution is 5.78. The van der Waals surface area contributed by atoms with Crippen molar-refractivity contribution in [2.24, 2.45) is 5.41 Å². The minimum atomic E-state index is -4.30. The van der Waals surface area contributed by atoms with Crippen LogP contribution in [-0.4, -0.2) is 49.7 Å². The van der Waals surface area contributed by atoms with Crippen molar-refractivity contribution in [1.82, 2.24) is 4.90 Å². The van der Waals surface area contributed by atoms with Crippen LogP contribution in [0.25, 0.3) is 0 Å². The molecular weight excluding hydrogens is 345 g/mol. The number of halogens is 3. The number of rotatable bonds is 4. The van der Waals surface area contributed by atoms with Crippen molar-refractivity contribution in [2.45, 2.75) is 39.0 Å². The molecular formula is C19H25F3N2O2. The molecule has 4 nitrogen and oxygen atoms in total. The molecule has 1 aromatic carbocycles. The van der Waals surface area contributed by atoms with Gasteiger partial charge in [-0.2, -0.15) is 13.2 Å². The van der Waals surface area contributed by atoms with Crippen LogP contribution in [0.3, 0.4) is 0 Å². The molecule has 0 aliphatic carbocycles. The van der Waals surface area contributed by atoms with Crippen LogP contribution in [0.4, 0.5) is 18.9 Å². The zero-order valence-corrected chi connectivity index (χ0v) is 15.2. The first-order chi connectivity index (χ1) is 12.1. The van der Waals surface area contributed by atoms with E-state index in [0.29, 0.717) is 0 Å². The molecule has 144 valence electrons. The molecule has 2 aliphatic heterocycles. The maximum atomic E-state index is 12.6. The fourth-order valence-corrected chi connectivity index (χ4v) is 3.58. The minimum absolute atomic E-state index is 0.00885. The molecule has 3 rings (SSSR count). The Balaban J connectivity index is 1.45. The average Bonchev–Trinajstić information content (AvgIpc) is 2.85. The zero-order chi connectivity index (χ0) is 18.9. The van der Waals surface area contributed by atoms with Crippen LogP contribution in [0.1, 0.15) is 32.3 Å².